The van der Waals surface area contributed by atoms with Crippen LogP contribution in [0.25, 0.3) is 0 Å². The summed E-state index contributed by atoms with van der Waals surface area (Å²) in [5.74, 6) is 0. The summed E-state index contributed by atoms with van der Waals surface area (Å²) in [4.78, 5) is 0. The molecule has 0 aliphatic rings. The van der Waals surface area contributed by atoms with E-state index >= 15 is 0 Å². The second-order valence-electron chi connectivity index (χ2n) is 4.59. The van der Waals surface area contributed by atoms with Gasteiger partial charge >= 0.3 is 132 Å². The van der Waals surface area contributed by atoms with Crippen LogP contribution in [0, 0.1) is 0 Å². The van der Waals surface area contributed by atoms with Crippen molar-refractivity contribution in [1.29, 1.82) is 0 Å². The molecular weight excluding hydrogens is 465 g/mol. The second kappa shape index (κ2) is 9.17. The van der Waals surface area contributed by atoms with Gasteiger partial charge < -0.3 is 0 Å². The van der Waals surface area contributed by atoms with E-state index in [9.17, 15) is 26.3 Å². The number of allylic oxidation sites excluding steroid dienone is 1. The van der Waals surface area contributed by atoms with Crippen LogP contribution in [0.2, 0.25) is 0 Å². The van der Waals surface area contributed by atoms with E-state index in [1.165, 1.54) is 0 Å². The molecule has 0 saturated carbocycles. The summed E-state index contributed by atoms with van der Waals surface area (Å²) in [7, 11) is 1.58. The van der Waals surface area contributed by atoms with Crippen LogP contribution in [0.4, 0.5) is 26.3 Å². The van der Waals surface area contributed by atoms with Crippen LogP contribution in [0.1, 0.15) is 26.7 Å². The number of halogens is 6. The monoisotopic (exact) mass is 486 g/mol. The Morgan fingerprint density at radius 2 is 1.71 bits per heavy atom. The number of alkyl halides is 6. The normalized spacial score (nSPS) is 15.5. The molecule has 0 amide bonds. The molecule has 0 radical (unpaired) electrons. The summed E-state index contributed by atoms with van der Waals surface area (Å²) >= 11 is -3.18. The van der Waals surface area contributed by atoms with Crippen LogP contribution >= 0.6 is 0 Å². The Morgan fingerprint density at radius 3 is 2.10 bits per heavy atom. The molecule has 0 rings (SSSR count). The van der Waals surface area contributed by atoms with E-state index in [1.807, 2.05) is 0 Å². The Morgan fingerprint density at radius 1 is 1.14 bits per heavy atom. The number of nitrogens with one attached hydrogen (secondary N) is 2. The number of likely N-dealkylation sites (N-methyl/N-ethyl adjacent to an activating group) is 1. The maximum absolute atomic E-state index is 13.9. The zero-order valence-corrected chi connectivity index (χ0v) is 15.8. The van der Waals surface area contributed by atoms with Crippen molar-refractivity contribution in [3.05, 3.63) is 9.03 Å². The Kier molecular flexibility index (Phi) is 9.15. The van der Waals surface area contributed by atoms with Crippen LogP contribution in [-0.2, 0) is 22.9 Å². The van der Waals surface area contributed by atoms with Gasteiger partial charge in [0.05, 0.1) is 0 Å². The number of hydrogen-bond donors (Lipinski definition) is 2. The minimum atomic E-state index is -4.94. The first-order valence-electron chi connectivity index (χ1n) is 6.52. The molecular formula is C12H20F6HfN2. The Bertz CT molecular complexity index is 338. The quantitative estimate of drug-likeness (QED) is 0.298. The standard InChI is InChI=1S/C10H17F4N2.C2H3F2.Hf/c1-3-4-9(11)8(10(12,13)14)7-16-6-5-15-2;1-2(3)4;/h9,15-16H,3-6H2,1-2H3;1H3;. The summed E-state index contributed by atoms with van der Waals surface area (Å²) in [6.07, 6.45) is -7.32. The average Bonchev–Trinajstić information content (AvgIpc) is 2.25. The molecule has 0 saturated heterocycles. The van der Waals surface area contributed by atoms with Gasteiger partial charge in [0.25, 0.3) is 0 Å². The molecule has 0 bridgehead atoms. The fourth-order valence-electron chi connectivity index (χ4n) is 1.61. The average molecular weight is 485 g/mol. The van der Waals surface area contributed by atoms with Gasteiger partial charge in [0.15, 0.2) is 0 Å². The van der Waals surface area contributed by atoms with Crippen molar-refractivity contribution in [3.63, 3.8) is 0 Å². The first-order chi connectivity index (χ1) is 9.53. The zero-order chi connectivity index (χ0) is 16.7. The van der Waals surface area contributed by atoms with Crippen molar-refractivity contribution in [2.75, 3.05) is 20.1 Å². The van der Waals surface area contributed by atoms with Gasteiger partial charge in [-0.25, -0.2) is 0 Å². The molecule has 1 atom stereocenters. The van der Waals surface area contributed by atoms with Crippen LogP contribution in [-0.4, -0.2) is 36.2 Å². The zero-order valence-electron chi connectivity index (χ0n) is 12.2. The first-order valence-corrected chi connectivity index (χ1v) is 10.1. The van der Waals surface area contributed by atoms with Gasteiger partial charge in [0.1, 0.15) is 0 Å². The molecule has 0 spiro atoms. The van der Waals surface area contributed by atoms with Crippen LogP contribution in [0.3, 0.4) is 0 Å². The summed E-state index contributed by atoms with van der Waals surface area (Å²) in [6.45, 7) is 2.49. The Hall–Kier alpha value is -0.0499. The van der Waals surface area contributed by atoms with Gasteiger partial charge in [0, 0.05) is 0 Å². The van der Waals surface area contributed by atoms with Crippen LogP contribution < -0.4 is 10.6 Å². The van der Waals surface area contributed by atoms with Gasteiger partial charge in [-0.1, -0.05) is 0 Å². The summed E-state index contributed by atoms with van der Waals surface area (Å²) in [6, 6.07) is 0. The van der Waals surface area contributed by atoms with Gasteiger partial charge in [0.2, 0.25) is 0 Å². The minimum absolute atomic E-state index is 0.0489. The third kappa shape index (κ3) is 8.85. The molecule has 2 N–H and O–H groups in total. The Balaban J connectivity index is 5.53. The topological polar surface area (TPSA) is 24.1 Å². The predicted octanol–water partition coefficient (Wildman–Crippen LogP) is 3.40. The molecule has 0 fully saturated rings. The van der Waals surface area contributed by atoms with Crippen molar-refractivity contribution in [2.24, 2.45) is 0 Å². The second-order valence-corrected chi connectivity index (χ2v) is 10.4. The third-order valence-corrected chi connectivity index (χ3v) is 6.53. The van der Waals surface area contributed by atoms with Crippen LogP contribution in [0.15, 0.2) is 9.03 Å². The fourth-order valence-corrected chi connectivity index (χ4v) is 5.51. The molecule has 2 nitrogen and oxygen atoms in total. The molecule has 0 aromatic rings. The maximum atomic E-state index is 13.9. The number of rotatable bonds is 9. The van der Waals surface area contributed by atoms with Crippen molar-refractivity contribution in [1.82, 2.24) is 10.6 Å². The third-order valence-electron chi connectivity index (χ3n) is 2.45. The summed E-state index contributed by atoms with van der Waals surface area (Å²) < 4.78 is 75.7. The molecule has 1 unspecified atom stereocenters. The van der Waals surface area contributed by atoms with Crippen molar-refractivity contribution < 1.29 is 49.2 Å². The van der Waals surface area contributed by atoms with E-state index in [4.69, 9.17) is 0 Å². The molecule has 124 valence electrons. The van der Waals surface area contributed by atoms with E-state index in [-0.39, 0.29) is 19.4 Å². The van der Waals surface area contributed by atoms with Gasteiger partial charge in [-0.2, -0.15) is 0 Å². The molecule has 0 aromatic carbocycles. The first kappa shape index (κ1) is 21.0. The molecule has 0 aromatic heterocycles. The molecule has 0 heterocycles. The van der Waals surface area contributed by atoms with E-state index in [1.54, 1.807) is 14.0 Å². The van der Waals surface area contributed by atoms with Crippen molar-refractivity contribution in [3.8, 4) is 0 Å². The Labute approximate surface area is 132 Å². The SMILES string of the molecule is CCCC(F)/C(=[C](\NCCNC)[Hf][C](C)(F)F)C(F)(F)F. The van der Waals surface area contributed by atoms with E-state index in [0.717, 1.165) is 0 Å². The van der Waals surface area contributed by atoms with Crippen molar-refractivity contribution >= 4 is 0 Å². The van der Waals surface area contributed by atoms with Gasteiger partial charge in [-0.05, 0) is 0 Å². The van der Waals surface area contributed by atoms with Gasteiger partial charge in [-0.15, -0.1) is 0 Å². The van der Waals surface area contributed by atoms with E-state index in [2.05, 4.69) is 10.6 Å². The van der Waals surface area contributed by atoms with Gasteiger partial charge in [-0.3, -0.25) is 0 Å². The molecule has 21 heavy (non-hydrogen) atoms. The predicted molar refractivity (Wildman–Crippen MR) is 65.4 cm³/mol. The fraction of sp³-hybridized carbons (Fsp3) is 0.833. The van der Waals surface area contributed by atoms with E-state index in [0.29, 0.717) is 13.5 Å². The number of hydrogen-bond acceptors (Lipinski definition) is 2. The van der Waals surface area contributed by atoms with Crippen LogP contribution in [0.5, 0.6) is 0 Å². The summed E-state index contributed by atoms with van der Waals surface area (Å²) in [5, 5.41) is 5.08. The molecule has 0 aliphatic heterocycles. The van der Waals surface area contributed by atoms with E-state index < -0.39 is 48.0 Å². The molecule has 0 aliphatic carbocycles. The van der Waals surface area contributed by atoms with Crippen molar-refractivity contribution in [2.45, 2.75) is 42.7 Å². The summed E-state index contributed by atoms with van der Waals surface area (Å²) in [5.41, 5.74) is -1.44. The molecule has 9 heteroatoms.